The van der Waals surface area contributed by atoms with E-state index in [1.165, 1.54) is 29.7 Å². The third kappa shape index (κ3) is 3.78. The van der Waals surface area contributed by atoms with Gasteiger partial charge < -0.3 is 14.0 Å². The Kier molecular flexibility index (Phi) is 5.74. The molecule has 0 aliphatic carbocycles. The van der Waals surface area contributed by atoms with Gasteiger partial charge in [0.2, 0.25) is 5.75 Å². The van der Waals surface area contributed by atoms with Crippen LogP contribution in [-0.4, -0.2) is 22.1 Å². The summed E-state index contributed by atoms with van der Waals surface area (Å²) in [6.45, 7) is 5.51. The maximum absolute atomic E-state index is 12.8. The van der Waals surface area contributed by atoms with Gasteiger partial charge in [-0.05, 0) is 19.4 Å². The standard InChI is InChI=1S/C17H20N2O6/c1-4-6-9-18-14-10-12(19(22)23)7-8-13(14)15(24-5-2)16(17(18)21)25-11(3)20/h7-8,10H,4-6,9H2,1-3H3. The van der Waals surface area contributed by atoms with Gasteiger partial charge in [0, 0.05) is 31.0 Å². The second kappa shape index (κ2) is 7.78. The van der Waals surface area contributed by atoms with Crippen LogP contribution in [0.3, 0.4) is 0 Å². The first kappa shape index (κ1) is 18.4. The number of unbranched alkanes of at least 4 members (excludes halogenated alkanes) is 1. The summed E-state index contributed by atoms with van der Waals surface area (Å²) in [6, 6.07) is 4.18. The van der Waals surface area contributed by atoms with Crippen molar-refractivity contribution < 1.29 is 19.2 Å². The number of nitro groups is 1. The number of carbonyl (C=O) groups excluding carboxylic acids is 1. The number of ether oxygens (including phenoxy) is 2. The van der Waals surface area contributed by atoms with E-state index in [2.05, 4.69) is 0 Å². The second-order valence-electron chi connectivity index (χ2n) is 5.45. The van der Waals surface area contributed by atoms with Crippen molar-refractivity contribution in [3.63, 3.8) is 0 Å². The minimum atomic E-state index is -0.638. The van der Waals surface area contributed by atoms with Crippen LogP contribution in [0.2, 0.25) is 0 Å². The number of esters is 1. The number of hydrogen-bond acceptors (Lipinski definition) is 6. The van der Waals surface area contributed by atoms with Gasteiger partial charge in [-0.2, -0.15) is 0 Å². The number of aromatic nitrogens is 1. The lowest BCUT2D eigenvalue weighted by molar-refractivity contribution is -0.384. The molecule has 0 saturated carbocycles. The minimum Gasteiger partial charge on any atom is -0.489 e. The van der Waals surface area contributed by atoms with E-state index in [0.29, 0.717) is 23.9 Å². The Bertz CT molecular complexity index is 872. The molecule has 134 valence electrons. The summed E-state index contributed by atoms with van der Waals surface area (Å²) in [5.74, 6) is -0.700. The number of aryl methyl sites for hydroxylation is 1. The molecular formula is C17H20N2O6. The molecule has 0 amide bonds. The van der Waals surface area contributed by atoms with Crippen LogP contribution in [0.25, 0.3) is 10.9 Å². The molecule has 0 atom stereocenters. The van der Waals surface area contributed by atoms with Crippen molar-refractivity contribution in [1.29, 1.82) is 0 Å². The Morgan fingerprint density at radius 2 is 2.00 bits per heavy atom. The minimum absolute atomic E-state index is 0.125. The van der Waals surface area contributed by atoms with Crippen molar-refractivity contribution in [2.75, 3.05) is 6.61 Å². The molecule has 0 radical (unpaired) electrons. The van der Waals surface area contributed by atoms with Gasteiger partial charge in [-0.15, -0.1) is 0 Å². The van der Waals surface area contributed by atoms with Crippen LogP contribution in [0.5, 0.6) is 11.5 Å². The molecular weight excluding hydrogens is 328 g/mol. The average Bonchev–Trinajstić information content (AvgIpc) is 2.57. The SMILES string of the molecule is CCCCn1c(=O)c(OC(C)=O)c(OCC)c2ccc([N+](=O)[O-])cc21. The molecule has 1 aromatic heterocycles. The molecule has 0 unspecified atom stereocenters. The zero-order valence-electron chi connectivity index (χ0n) is 14.4. The highest BCUT2D eigenvalue weighted by atomic mass is 16.6. The maximum atomic E-state index is 12.8. The lowest BCUT2D eigenvalue weighted by Crippen LogP contribution is -2.25. The van der Waals surface area contributed by atoms with Crippen molar-refractivity contribution >= 4 is 22.6 Å². The number of nitrogens with zero attached hydrogens (tertiary/aromatic N) is 2. The Hall–Kier alpha value is -2.90. The van der Waals surface area contributed by atoms with Crippen molar-refractivity contribution in [2.45, 2.75) is 40.2 Å². The molecule has 0 saturated heterocycles. The number of rotatable bonds is 7. The summed E-state index contributed by atoms with van der Waals surface area (Å²) in [4.78, 5) is 34.8. The van der Waals surface area contributed by atoms with Crippen LogP contribution in [0.4, 0.5) is 5.69 Å². The lowest BCUT2D eigenvalue weighted by Gasteiger charge is -2.17. The number of fused-ring (bicyclic) bond motifs is 1. The molecule has 0 spiro atoms. The topological polar surface area (TPSA) is 101 Å². The van der Waals surface area contributed by atoms with Gasteiger partial charge in [-0.1, -0.05) is 13.3 Å². The van der Waals surface area contributed by atoms with Gasteiger partial charge in [-0.25, -0.2) is 0 Å². The molecule has 2 rings (SSSR count). The fraction of sp³-hybridized carbons (Fsp3) is 0.412. The van der Waals surface area contributed by atoms with Gasteiger partial charge in [0.1, 0.15) is 0 Å². The zero-order chi connectivity index (χ0) is 18.6. The summed E-state index contributed by atoms with van der Waals surface area (Å²) in [5.41, 5.74) is -0.285. The second-order valence-corrected chi connectivity index (χ2v) is 5.45. The first-order valence-electron chi connectivity index (χ1n) is 8.06. The van der Waals surface area contributed by atoms with Crippen molar-refractivity contribution in [1.82, 2.24) is 4.57 Å². The number of hydrogen-bond donors (Lipinski definition) is 0. The fourth-order valence-corrected chi connectivity index (χ4v) is 2.56. The molecule has 8 heteroatoms. The molecule has 8 nitrogen and oxygen atoms in total. The summed E-state index contributed by atoms with van der Waals surface area (Å²) in [7, 11) is 0. The van der Waals surface area contributed by atoms with Crippen molar-refractivity contribution in [2.24, 2.45) is 0 Å². The van der Waals surface area contributed by atoms with Gasteiger partial charge >= 0.3 is 5.97 Å². The molecule has 1 aromatic carbocycles. The van der Waals surface area contributed by atoms with Crippen LogP contribution in [0.15, 0.2) is 23.0 Å². The van der Waals surface area contributed by atoms with E-state index >= 15 is 0 Å². The number of pyridine rings is 1. The molecule has 0 aliphatic rings. The Morgan fingerprint density at radius 1 is 1.28 bits per heavy atom. The number of nitro benzene ring substituents is 1. The van der Waals surface area contributed by atoms with E-state index in [0.717, 1.165) is 6.42 Å². The van der Waals surface area contributed by atoms with Crippen molar-refractivity contribution in [3.05, 3.63) is 38.7 Å². The summed E-state index contributed by atoms with van der Waals surface area (Å²) >= 11 is 0. The van der Waals surface area contributed by atoms with Gasteiger partial charge in [0.05, 0.1) is 17.0 Å². The Morgan fingerprint density at radius 3 is 2.56 bits per heavy atom. The van der Waals surface area contributed by atoms with E-state index in [9.17, 15) is 19.7 Å². The predicted molar refractivity (Wildman–Crippen MR) is 92.2 cm³/mol. The van der Waals surface area contributed by atoms with E-state index in [4.69, 9.17) is 9.47 Å². The third-order valence-electron chi connectivity index (χ3n) is 3.64. The van der Waals surface area contributed by atoms with Crippen LogP contribution < -0.4 is 15.0 Å². The van der Waals surface area contributed by atoms with Crippen LogP contribution in [0, 0.1) is 10.1 Å². The first-order chi connectivity index (χ1) is 11.9. The third-order valence-corrected chi connectivity index (χ3v) is 3.64. The monoisotopic (exact) mass is 348 g/mol. The summed E-state index contributed by atoms with van der Waals surface area (Å²) in [6.07, 6.45) is 1.53. The highest BCUT2D eigenvalue weighted by Gasteiger charge is 2.22. The van der Waals surface area contributed by atoms with E-state index in [1.54, 1.807) is 6.92 Å². The van der Waals surface area contributed by atoms with E-state index in [1.807, 2.05) is 6.92 Å². The van der Waals surface area contributed by atoms with Crippen molar-refractivity contribution in [3.8, 4) is 11.5 Å². The Labute approximate surface area is 144 Å². The van der Waals surface area contributed by atoms with Crippen LogP contribution in [-0.2, 0) is 11.3 Å². The molecule has 0 bridgehead atoms. The quantitative estimate of drug-likeness (QED) is 0.433. The fourth-order valence-electron chi connectivity index (χ4n) is 2.56. The van der Waals surface area contributed by atoms with Gasteiger partial charge in [0.15, 0.2) is 5.75 Å². The molecule has 1 heterocycles. The number of non-ortho nitro benzene ring substituents is 1. The average molecular weight is 348 g/mol. The van der Waals surface area contributed by atoms with Gasteiger partial charge in [0.25, 0.3) is 11.2 Å². The zero-order valence-corrected chi connectivity index (χ0v) is 14.4. The lowest BCUT2D eigenvalue weighted by atomic mass is 10.1. The smallest absolute Gasteiger partial charge is 0.308 e. The molecule has 0 aliphatic heterocycles. The predicted octanol–water partition coefficient (Wildman–Crippen LogP) is 3.03. The van der Waals surface area contributed by atoms with Gasteiger partial charge in [-0.3, -0.25) is 19.7 Å². The molecule has 0 N–H and O–H groups in total. The van der Waals surface area contributed by atoms with Crippen LogP contribution >= 0.6 is 0 Å². The van der Waals surface area contributed by atoms with E-state index < -0.39 is 16.5 Å². The summed E-state index contributed by atoms with van der Waals surface area (Å²) in [5, 5.41) is 11.6. The maximum Gasteiger partial charge on any atom is 0.308 e. The number of benzene rings is 1. The normalized spacial score (nSPS) is 10.7. The molecule has 2 aromatic rings. The summed E-state index contributed by atoms with van der Waals surface area (Å²) < 4.78 is 12.0. The first-order valence-corrected chi connectivity index (χ1v) is 8.06. The largest absolute Gasteiger partial charge is 0.489 e. The highest BCUT2D eigenvalue weighted by molar-refractivity contribution is 5.90. The van der Waals surface area contributed by atoms with Crippen LogP contribution in [0.1, 0.15) is 33.6 Å². The Balaban J connectivity index is 2.87. The molecule has 25 heavy (non-hydrogen) atoms. The molecule has 0 fully saturated rings. The van der Waals surface area contributed by atoms with E-state index in [-0.39, 0.29) is 23.8 Å². The highest BCUT2D eigenvalue weighted by Crippen LogP contribution is 2.34. The number of carbonyl (C=O) groups is 1.